The van der Waals surface area contributed by atoms with Gasteiger partial charge in [0.2, 0.25) is 5.88 Å². The number of nitrogens with zero attached hydrogens (tertiary/aromatic N) is 5. The number of imidazole rings is 1. The van der Waals surface area contributed by atoms with Gasteiger partial charge in [0.1, 0.15) is 5.60 Å². The van der Waals surface area contributed by atoms with Crippen molar-refractivity contribution in [3.05, 3.63) is 126 Å². The summed E-state index contributed by atoms with van der Waals surface area (Å²) in [6.07, 6.45) is 7.46. The van der Waals surface area contributed by atoms with E-state index in [4.69, 9.17) is 14.5 Å². The number of aromatic nitrogens is 3. The van der Waals surface area contributed by atoms with E-state index in [2.05, 4.69) is 52.3 Å². The third-order valence-corrected chi connectivity index (χ3v) is 10.5. The van der Waals surface area contributed by atoms with E-state index in [9.17, 15) is 5.11 Å². The molecule has 9 heteroatoms. The van der Waals surface area contributed by atoms with Gasteiger partial charge >= 0.3 is 0 Å². The molecule has 3 aromatic carbocycles. The Hall–Kier alpha value is -4.83. The zero-order valence-corrected chi connectivity index (χ0v) is 29.5. The van der Waals surface area contributed by atoms with Gasteiger partial charge in [-0.25, -0.2) is 9.97 Å². The van der Waals surface area contributed by atoms with Crippen LogP contribution in [0.5, 0.6) is 5.88 Å². The minimum atomic E-state index is -1.06. The highest BCUT2D eigenvalue weighted by Crippen LogP contribution is 2.41. The summed E-state index contributed by atoms with van der Waals surface area (Å²) in [6.45, 7) is 3.04. The highest BCUT2D eigenvalue weighted by molar-refractivity contribution is 5.98. The second-order valence-corrected chi connectivity index (χ2v) is 13.8. The number of carbonyl (C=O) groups excluding carboxylic acids is 1. The van der Waals surface area contributed by atoms with Gasteiger partial charge < -0.3 is 24.0 Å². The molecule has 3 heterocycles. The molecule has 0 bridgehead atoms. The van der Waals surface area contributed by atoms with Crippen molar-refractivity contribution in [2.24, 2.45) is 0 Å². The minimum Gasteiger partial charge on any atom is -0.481 e. The molecule has 1 N–H and O–H groups in total. The maximum Gasteiger partial charge on any atom is 0.275 e. The molecule has 0 unspecified atom stereocenters. The highest BCUT2D eigenvalue weighted by Gasteiger charge is 2.43. The fourth-order valence-corrected chi connectivity index (χ4v) is 8.11. The lowest BCUT2D eigenvalue weighted by molar-refractivity contribution is -0.0893. The van der Waals surface area contributed by atoms with Gasteiger partial charge in [-0.2, -0.15) is 0 Å². The molecule has 1 aliphatic heterocycles. The van der Waals surface area contributed by atoms with Crippen LogP contribution in [0.4, 0.5) is 0 Å². The molecule has 51 heavy (non-hydrogen) atoms. The summed E-state index contributed by atoms with van der Waals surface area (Å²) in [5.74, 6) is 0.473. The fraction of sp³-hybridized carbons (Fsp3) is 0.357. The Morgan fingerprint density at radius 1 is 0.882 bits per heavy atom. The first-order valence-corrected chi connectivity index (χ1v) is 18.0. The van der Waals surface area contributed by atoms with Crippen LogP contribution in [0.15, 0.2) is 110 Å². The standard InChI is InChI=1S/C42H47N5O4/c1-50-29-42(49)22-12-11-21-37(42)47-30-44-38(39(47)32-16-7-4-8-17-32)41(48)46-25-24-45(27-31-14-5-3-6-15-31)28-34(46)26-33-18-9-10-19-35(33)36-20-13-23-43-40(36)51-2/h3-10,13-20,23,30,34,37,49H,11-12,21-22,24-29H2,1-2H3/t34-,37-,42-/m1/s1. The van der Waals surface area contributed by atoms with Crippen molar-refractivity contribution < 1.29 is 19.4 Å². The van der Waals surface area contributed by atoms with Gasteiger partial charge in [0, 0.05) is 56.7 Å². The van der Waals surface area contributed by atoms with E-state index in [1.54, 1.807) is 26.7 Å². The molecular formula is C42H47N5O4. The monoisotopic (exact) mass is 685 g/mol. The molecule has 2 aliphatic rings. The molecule has 1 saturated heterocycles. The molecule has 9 nitrogen and oxygen atoms in total. The fourth-order valence-electron chi connectivity index (χ4n) is 8.11. The number of hydrogen-bond donors (Lipinski definition) is 1. The number of pyridine rings is 1. The first kappa shape index (κ1) is 34.6. The molecule has 1 amide bonds. The summed E-state index contributed by atoms with van der Waals surface area (Å²) in [6, 6.07) is 32.4. The van der Waals surface area contributed by atoms with Crippen molar-refractivity contribution >= 4 is 5.91 Å². The molecule has 2 aromatic heterocycles. The van der Waals surface area contributed by atoms with E-state index in [1.807, 2.05) is 64.1 Å². The van der Waals surface area contributed by atoms with Crippen LogP contribution in [0.1, 0.15) is 53.3 Å². The van der Waals surface area contributed by atoms with Gasteiger partial charge in [-0.15, -0.1) is 0 Å². The van der Waals surface area contributed by atoms with E-state index < -0.39 is 5.60 Å². The Bertz CT molecular complexity index is 1910. The first-order chi connectivity index (χ1) is 25.0. The number of benzene rings is 3. The Kier molecular flexibility index (Phi) is 10.6. The molecule has 7 rings (SSSR count). The number of aliphatic hydroxyl groups is 1. The van der Waals surface area contributed by atoms with Gasteiger partial charge in [0.15, 0.2) is 5.69 Å². The van der Waals surface area contributed by atoms with Crippen LogP contribution in [-0.2, 0) is 17.7 Å². The Balaban J connectivity index is 1.27. The number of amides is 1. The van der Waals surface area contributed by atoms with Crippen LogP contribution in [0.3, 0.4) is 0 Å². The van der Waals surface area contributed by atoms with E-state index in [-0.39, 0.29) is 24.6 Å². The lowest BCUT2D eigenvalue weighted by Gasteiger charge is -2.42. The van der Waals surface area contributed by atoms with E-state index in [1.165, 1.54) is 5.56 Å². The Labute approximate surface area is 300 Å². The van der Waals surface area contributed by atoms with Crippen molar-refractivity contribution in [1.29, 1.82) is 0 Å². The van der Waals surface area contributed by atoms with Crippen molar-refractivity contribution in [1.82, 2.24) is 24.3 Å². The van der Waals surface area contributed by atoms with Crippen molar-refractivity contribution in [3.63, 3.8) is 0 Å². The summed E-state index contributed by atoms with van der Waals surface area (Å²) in [5, 5.41) is 11.9. The predicted octanol–water partition coefficient (Wildman–Crippen LogP) is 6.68. The summed E-state index contributed by atoms with van der Waals surface area (Å²) in [4.78, 5) is 28.8. The minimum absolute atomic E-state index is 0.0977. The molecule has 1 saturated carbocycles. The summed E-state index contributed by atoms with van der Waals surface area (Å²) < 4.78 is 13.2. The van der Waals surface area contributed by atoms with Gasteiger partial charge in [0.25, 0.3) is 5.91 Å². The third kappa shape index (κ3) is 7.33. The van der Waals surface area contributed by atoms with Crippen molar-refractivity contribution in [3.8, 4) is 28.3 Å². The predicted molar refractivity (Wildman–Crippen MR) is 198 cm³/mol. The van der Waals surface area contributed by atoms with E-state index in [0.29, 0.717) is 37.5 Å². The quantitative estimate of drug-likeness (QED) is 0.166. The molecule has 0 spiro atoms. The number of hydrogen-bond acceptors (Lipinski definition) is 7. The molecule has 2 fully saturated rings. The van der Waals surface area contributed by atoms with Gasteiger partial charge in [-0.05, 0) is 48.1 Å². The zero-order chi connectivity index (χ0) is 35.2. The summed E-state index contributed by atoms with van der Waals surface area (Å²) in [7, 11) is 3.27. The average Bonchev–Trinajstić information content (AvgIpc) is 3.61. The van der Waals surface area contributed by atoms with Gasteiger partial charge in [-0.1, -0.05) is 97.8 Å². The summed E-state index contributed by atoms with van der Waals surface area (Å²) >= 11 is 0. The second-order valence-electron chi connectivity index (χ2n) is 13.8. The van der Waals surface area contributed by atoms with Gasteiger partial charge in [-0.3, -0.25) is 9.69 Å². The average molecular weight is 686 g/mol. The van der Waals surface area contributed by atoms with Crippen molar-refractivity contribution in [2.75, 3.05) is 40.5 Å². The maximum absolute atomic E-state index is 15.0. The Morgan fingerprint density at radius 2 is 1.63 bits per heavy atom. The molecule has 0 radical (unpaired) electrons. The molecule has 5 aromatic rings. The van der Waals surface area contributed by atoms with Crippen LogP contribution >= 0.6 is 0 Å². The van der Waals surface area contributed by atoms with Crippen molar-refractivity contribution in [2.45, 2.75) is 56.3 Å². The molecule has 1 aliphatic carbocycles. The van der Waals surface area contributed by atoms with Crippen LogP contribution in [0, 0.1) is 0 Å². The SMILES string of the molecule is COC[C@]1(O)CCCC[C@H]1n1cnc(C(=O)N2CCN(Cc3ccccc3)C[C@H]2Cc2ccccc2-c2cccnc2OC)c1-c1ccccc1. The zero-order valence-electron chi connectivity index (χ0n) is 29.5. The molecule has 3 atom stereocenters. The third-order valence-electron chi connectivity index (χ3n) is 10.5. The first-order valence-electron chi connectivity index (χ1n) is 18.0. The molecular weight excluding hydrogens is 638 g/mol. The van der Waals surface area contributed by atoms with Crippen LogP contribution in [-0.4, -0.2) is 87.5 Å². The summed E-state index contributed by atoms with van der Waals surface area (Å²) in [5.41, 5.74) is 5.33. The van der Waals surface area contributed by atoms with E-state index in [0.717, 1.165) is 60.3 Å². The van der Waals surface area contributed by atoms with Crippen LogP contribution < -0.4 is 4.74 Å². The number of methoxy groups -OCH3 is 2. The Morgan fingerprint density at radius 3 is 2.41 bits per heavy atom. The molecule has 264 valence electrons. The topological polar surface area (TPSA) is 92.9 Å². The number of rotatable bonds is 11. The normalized spacial score (nSPS) is 21.0. The van der Waals surface area contributed by atoms with Crippen LogP contribution in [0.25, 0.3) is 22.4 Å². The number of ether oxygens (including phenoxy) is 2. The van der Waals surface area contributed by atoms with Gasteiger partial charge in [0.05, 0.1) is 31.8 Å². The number of piperazine rings is 1. The van der Waals surface area contributed by atoms with E-state index >= 15 is 4.79 Å². The second kappa shape index (κ2) is 15.6. The lowest BCUT2D eigenvalue weighted by atomic mass is 9.80. The largest absolute Gasteiger partial charge is 0.481 e. The number of carbonyl (C=O) groups is 1. The highest BCUT2D eigenvalue weighted by atomic mass is 16.5. The maximum atomic E-state index is 15.0. The lowest BCUT2D eigenvalue weighted by Crippen LogP contribution is -2.55. The van der Waals surface area contributed by atoms with Crippen LogP contribution in [0.2, 0.25) is 0 Å². The smallest absolute Gasteiger partial charge is 0.275 e.